The van der Waals surface area contributed by atoms with Gasteiger partial charge in [-0.05, 0) is 12.1 Å². The Kier molecular flexibility index (Phi) is 5.65. The quantitative estimate of drug-likeness (QED) is 0.273. The Labute approximate surface area is 127 Å². The van der Waals surface area contributed by atoms with Crippen LogP contribution >= 0.6 is 11.6 Å². The molecule has 0 fully saturated rings. The van der Waals surface area contributed by atoms with Crippen LogP contribution in [-0.2, 0) is 10.1 Å². The molecule has 0 heterocycles. The maximum Gasteiger partial charge on any atom is 1.00 e. The van der Waals surface area contributed by atoms with E-state index in [1.807, 2.05) is 0 Å². The molecule has 0 aliphatic rings. The van der Waals surface area contributed by atoms with Gasteiger partial charge in [-0.3, -0.25) is 20.2 Å². The fraction of sp³-hybridized carbons (Fsp3) is 0. The molecule has 18 heavy (non-hydrogen) atoms. The standard InChI is InChI=1S/C6H3ClN2O7S.Na/c7-3-1-2-4(17(14,15)16)6(9(12)13)5(3)8(10)11;/h1-2H,(H,14,15,16);/q;+1/p-1. The van der Waals surface area contributed by atoms with E-state index in [1.54, 1.807) is 0 Å². The van der Waals surface area contributed by atoms with Crippen molar-refractivity contribution in [3.05, 3.63) is 37.4 Å². The van der Waals surface area contributed by atoms with Gasteiger partial charge in [-0.1, -0.05) is 11.6 Å². The second kappa shape index (κ2) is 5.91. The van der Waals surface area contributed by atoms with Crippen molar-refractivity contribution >= 4 is 33.1 Å². The van der Waals surface area contributed by atoms with Crippen LogP contribution in [0, 0.1) is 20.2 Å². The van der Waals surface area contributed by atoms with Crippen LogP contribution in [0.3, 0.4) is 0 Å². The Morgan fingerprint density at radius 2 is 1.50 bits per heavy atom. The summed E-state index contributed by atoms with van der Waals surface area (Å²) in [7, 11) is -5.21. The second-order valence-corrected chi connectivity index (χ2v) is 4.47. The fourth-order valence-corrected chi connectivity index (χ4v) is 1.95. The molecule has 0 N–H and O–H groups in total. The molecule has 9 nitrogen and oxygen atoms in total. The predicted octanol–water partition coefficient (Wildman–Crippen LogP) is -1.94. The largest absolute Gasteiger partial charge is 1.00 e. The zero-order valence-electron chi connectivity index (χ0n) is 8.69. The molecule has 92 valence electrons. The van der Waals surface area contributed by atoms with Crippen molar-refractivity contribution in [2.45, 2.75) is 4.90 Å². The number of hydrogen-bond acceptors (Lipinski definition) is 7. The summed E-state index contributed by atoms with van der Waals surface area (Å²) >= 11 is 5.35. The minimum absolute atomic E-state index is 0. The van der Waals surface area contributed by atoms with Gasteiger partial charge in [-0.25, -0.2) is 8.42 Å². The number of nitrogens with zero attached hydrogens (tertiary/aromatic N) is 2. The normalized spacial score (nSPS) is 10.6. The van der Waals surface area contributed by atoms with E-state index in [2.05, 4.69) is 0 Å². The van der Waals surface area contributed by atoms with Crippen LogP contribution in [0.4, 0.5) is 11.4 Å². The first-order valence-corrected chi connectivity index (χ1v) is 5.52. The van der Waals surface area contributed by atoms with Crippen molar-refractivity contribution in [2.24, 2.45) is 0 Å². The number of halogens is 1. The van der Waals surface area contributed by atoms with Crippen LogP contribution in [-0.4, -0.2) is 22.8 Å². The van der Waals surface area contributed by atoms with Crippen molar-refractivity contribution in [3.8, 4) is 0 Å². The average molecular weight is 305 g/mol. The van der Waals surface area contributed by atoms with Gasteiger partial charge in [0, 0.05) is 0 Å². The zero-order chi connectivity index (χ0) is 13.4. The second-order valence-electron chi connectivity index (χ2n) is 2.71. The Morgan fingerprint density at radius 1 is 1.06 bits per heavy atom. The van der Waals surface area contributed by atoms with Crippen LogP contribution in [0.2, 0.25) is 5.02 Å². The molecule has 12 heteroatoms. The molecule has 0 aromatic heterocycles. The molecule has 0 atom stereocenters. The minimum atomic E-state index is -5.21. The average Bonchev–Trinajstić information content (AvgIpc) is 2.14. The topological polar surface area (TPSA) is 143 Å². The maximum atomic E-state index is 10.7. The molecule has 1 rings (SSSR count). The van der Waals surface area contributed by atoms with Crippen LogP contribution in [0.15, 0.2) is 17.0 Å². The summed E-state index contributed by atoms with van der Waals surface area (Å²) in [5.41, 5.74) is -2.66. The van der Waals surface area contributed by atoms with E-state index in [-0.39, 0.29) is 29.6 Å². The molecule has 1 aromatic rings. The Balaban J connectivity index is 0.00000289. The van der Waals surface area contributed by atoms with E-state index in [9.17, 15) is 33.2 Å². The van der Waals surface area contributed by atoms with Gasteiger partial charge < -0.3 is 4.55 Å². The monoisotopic (exact) mass is 304 g/mol. The molecule has 0 saturated carbocycles. The molecule has 0 radical (unpaired) electrons. The molecule has 0 aliphatic carbocycles. The molecule has 0 spiro atoms. The van der Waals surface area contributed by atoms with Crippen LogP contribution in [0.25, 0.3) is 0 Å². The van der Waals surface area contributed by atoms with Gasteiger partial charge in [0.25, 0.3) is 0 Å². The van der Waals surface area contributed by atoms with Gasteiger partial charge in [0.05, 0.1) is 9.85 Å². The van der Waals surface area contributed by atoms with E-state index in [0.29, 0.717) is 6.07 Å². The van der Waals surface area contributed by atoms with Gasteiger partial charge in [-0.2, -0.15) is 0 Å². The van der Waals surface area contributed by atoms with Crippen molar-refractivity contribution in [3.63, 3.8) is 0 Å². The van der Waals surface area contributed by atoms with E-state index in [0.717, 1.165) is 6.07 Å². The Bertz CT molecular complexity index is 617. The Hall–Kier alpha value is -0.780. The Morgan fingerprint density at radius 3 is 1.83 bits per heavy atom. The van der Waals surface area contributed by atoms with Gasteiger partial charge in [-0.15, -0.1) is 0 Å². The van der Waals surface area contributed by atoms with E-state index >= 15 is 0 Å². The number of nitro groups is 2. The molecule has 0 amide bonds. The van der Waals surface area contributed by atoms with Crippen LogP contribution in [0.5, 0.6) is 0 Å². The summed E-state index contributed by atoms with van der Waals surface area (Å²) in [6.07, 6.45) is 0. The van der Waals surface area contributed by atoms with Crippen LogP contribution < -0.4 is 29.6 Å². The SMILES string of the molecule is O=[N+]([O-])c1c(Cl)ccc(S(=O)(=O)[O-])c1[N+](=O)[O-].[Na+]. The van der Waals surface area contributed by atoms with Gasteiger partial charge in [0.15, 0.2) is 0 Å². The molecular formula is C6H2ClN2NaO7S. The number of hydrogen-bond donors (Lipinski definition) is 0. The molecule has 0 saturated heterocycles. The molecular weight excluding hydrogens is 303 g/mol. The van der Waals surface area contributed by atoms with E-state index in [1.165, 1.54) is 0 Å². The first kappa shape index (κ1) is 17.2. The summed E-state index contributed by atoms with van der Waals surface area (Å²) in [6.45, 7) is 0. The summed E-state index contributed by atoms with van der Waals surface area (Å²) in [4.78, 5) is 17.3. The molecule has 1 aromatic carbocycles. The van der Waals surface area contributed by atoms with Crippen molar-refractivity contribution < 1.29 is 52.4 Å². The minimum Gasteiger partial charge on any atom is -0.744 e. The third-order valence-electron chi connectivity index (χ3n) is 1.70. The summed E-state index contributed by atoms with van der Waals surface area (Å²) in [5, 5.41) is 20.5. The number of nitro benzene ring substituents is 2. The third kappa shape index (κ3) is 3.37. The predicted molar refractivity (Wildman–Crippen MR) is 52.7 cm³/mol. The van der Waals surface area contributed by atoms with Crippen molar-refractivity contribution in [1.29, 1.82) is 0 Å². The maximum absolute atomic E-state index is 10.7. The fourth-order valence-electron chi connectivity index (χ4n) is 1.09. The first-order chi connectivity index (χ1) is 7.66. The zero-order valence-corrected chi connectivity index (χ0v) is 12.3. The van der Waals surface area contributed by atoms with E-state index in [4.69, 9.17) is 11.6 Å². The summed E-state index contributed by atoms with van der Waals surface area (Å²) < 4.78 is 32.2. The number of rotatable bonds is 3. The van der Waals surface area contributed by atoms with E-state index < -0.39 is 41.3 Å². The van der Waals surface area contributed by atoms with Crippen LogP contribution in [0.1, 0.15) is 0 Å². The van der Waals surface area contributed by atoms with Gasteiger partial charge >= 0.3 is 40.9 Å². The number of benzene rings is 1. The summed E-state index contributed by atoms with van der Waals surface area (Å²) in [5.74, 6) is 0. The molecule has 0 unspecified atom stereocenters. The summed E-state index contributed by atoms with van der Waals surface area (Å²) in [6, 6.07) is 1.28. The van der Waals surface area contributed by atoms with Gasteiger partial charge in [0.1, 0.15) is 20.0 Å². The van der Waals surface area contributed by atoms with Crippen molar-refractivity contribution in [2.75, 3.05) is 0 Å². The first-order valence-electron chi connectivity index (χ1n) is 3.73. The van der Waals surface area contributed by atoms with Gasteiger partial charge in [0.2, 0.25) is 0 Å². The smallest absolute Gasteiger partial charge is 0.744 e. The third-order valence-corrected chi connectivity index (χ3v) is 2.87. The van der Waals surface area contributed by atoms with Crippen molar-refractivity contribution in [1.82, 2.24) is 0 Å². The molecule has 0 aliphatic heterocycles. The molecule has 0 bridgehead atoms.